The van der Waals surface area contributed by atoms with Gasteiger partial charge in [0.15, 0.2) is 6.29 Å². The van der Waals surface area contributed by atoms with Crippen LogP contribution in [-0.4, -0.2) is 26.0 Å². The number of ether oxygens (including phenoxy) is 2. The summed E-state index contributed by atoms with van der Waals surface area (Å²) in [6.07, 6.45) is 5.10. The van der Waals surface area contributed by atoms with E-state index in [9.17, 15) is 0 Å². The summed E-state index contributed by atoms with van der Waals surface area (Å²) >= 11 is 1.98. The fourth-order valence-corrected chi connectivity index (χ4v) is 3.92. The summed E-state index contributed by atoms with van der Waals surface area (Å²) in [5, 5.41) is 3.54. The molecule has 0 fully saturated rings. The van der Waals surface area contributed by atoms with E-state index in [2.05, 4.69) is 18.3 Å². The van der Waals surface area contributed by atoms with E-state index in [1.165, 1.54) is 30.6 Å². The van der Waals surface area contributed by atoms with Crippen molar-refractivity contribution in [2.24, 2.45) is 0 Å². The zero-order chi connectivity index (χ0) is 14.4. The predicted molar refractivity (Wildman–Crippen MR) is 84.4 cm³/mol. The average molecular weight is 297 g/mol. The van der Waals surface area contributed by atoms with Crippen LogP contribution in [0.1, 0.15) is 55.0 Å². The molecule has 4 heteroatoms. The first-order chi connectivity index (χ1) is 9.74. The molecule has 2 rings (SSSR count). The van der Waals surface area contributed by atoms with Gasteiger partial charge in [-0.25, -0.2) is 0 Å². The second kappa shape index (κ2) is 8.13. The van der Waals surface area contributed by atoms with Gasteiger partial charge in [-0.15, -0.1) is 11.3 Å². The maximum absolute atomic E-state index is 5.57. The molecule has 0 radical (unpaired) electrons. The second-order valence-electron chi connectivity index (χ2n) is 5.27. The van der Waals surface area contributed by atoms with Crippen molar-refractivity contribution >= 4 is 11.3 Å². The van der Waals surface area contributed by atoms with E-state index < -0.39 is 0 Å². The van der Waals surface area contributed by atoms with Crippen molar-refractivity contribution in [2.45, 2.75) is 58.8 Å². The van der Waals surface area contributed by atoms with Crippen molar-refractivity contribution in [1.82, 2.24) is 5.32 Å². The molecule has 0 saturated heterocycles. The Kier molecular flexibility index (Phi) is 6.49. The lowest BCUT2D eigenvalue weighted by Crippen LogP contribution is -2.32. The molecule has 1 aliphatic rings. The second-order valence-corrected chi connectivity index (χ2v) is 6.44. The van der Waals surface area contributed by atoms with Crippen LogP contribution in [0.5, 0.6) is 0 Å². The molecule has 0 aromatic carbocycles. The summed E-state index contributed by atoms with van der Waals surface area (Å²) in [5.74, 6) is 0. The maximum Gasteiger partial charge on any atom is 0.169 e. The molecule has 0 aliphatic heterocycles. The highest BCUT2D eigenvalue weighted by atomic mass is 32.1. The van der Waals surface area contributed by atoms with Crippen LogP contribution < -0.4 is 5.32 Å². The van der Waals surface area contributed by atoms with Crippen molar-refractivity contribution in [3.05, 3.63) is 21.4 Å². The van der Waals surface area contributed by atoms with Crippen LogP contribution in [0.25, 0.3) is 0 Å². The minimum Gasteiger partial charge on any atom is -0.352 e. The number of hydrogen-bond donors (Lipinski definition) is 1. The van der Waals surface area contributed by atoms with Gasteiger partial charge in [-0.05, 0) is 58.1 Å². The Bertz CT molecular complexity index is 376. The summed E-state index contributed by atoms with van der Waals surface area (Å²) in [6, 6.07) is 2.77. The summed E-state index contributed by atoms with van der Waals surface area (Å²) in [7, 11) is 0. The summed E-state index contributed by atoms with van der Waals surface area (Å²) in [4.78, 5) is 3.05. The molecule has 0 amide bonds. The van der Waals surface area contributed by atoms with Gasteiger partial charge in [0, 0.05) is 35.6 Å². The van der Waals surface area contributed by atoms with E-state index in [4.69, 9.17) is 9.47 Å². The van der Waals surface area contributed by atoms with E-state index in [-0.39, 0.29) is 6.29 Å². The van der Waals surface area contributed by atoms with E-state index in [1.54, 1.807) is 10.4 Å². The summed E-state index contributed by atoms with van der Waals surface area (Å²) in [5.41, 5.74) is 1.58. The zero-order valence-corrected chi connectivity index (χ0v) is 13.7. The Balaban J connectivity index is 1.87. The first kappa shape index (κ1) is 16.0. The molecule has 1 aromatic rings. The van der Waals surface area contributed by atoms with E-state index in [0.717, 1.165) is 6.54 Å². The van der Waals surface area contributed by atoms with Crippen LogP contribution in [0, 0.1) is 0 Å². The van der Waals surface area contributed by atoms with E-state index in [1.807, 2.05) is 25.2 Å². The van der Waals surface area contributed by atoms with Crippen LogP contribution >= 0.6 is 11.3 Å². The molecule has 1 aliphatic carbocycles. The maximum atomic E-state index is 5.57. The van der Waals surface area contributed by atoms with Gasteiger partial charge in [-0.2, -0.15) is 0 Å². The standard InChI is InChI=1S/C16H27NO2S/c1-4-18-16(19-5-2)11-17-12(3)15-10-13-8-6-7-9-14(13)20-15/h10,12,16-17H,4-9,11H2,1-3H3. The molecular formula is C16H27NO2S. The molecule has 114 valence electrons. The molecule has 1 atom stereocenters. The predicted octanol–water partition coefficient (Wildman–Crippen LogP) is 3.68. The molecule has 0 bridgehead atoms. The highest BCUT2D eigenvalue weighted by molar-refractivity contribution is 7.12. The van der Waals surface area contributed by atoms with Crippen molar-refractivity contribution in [1.29, 1.82) is 0 Å². The highest BCUT2D eigenvalue weighted by Crippen LogP contribution is 2.32. The Labute approximate surface area is 126 Å². The van der Waals surface area contributed by atoms with Crippen molar-refractivity contribution in [2.75, 3.05) is 19.8 Å². The average Bonchev–Trinajstić information content (AvgIpc) is 2.89. The number of nitrogens with one attached hydrogen (secondary N) is 1. The fraction of sp³-hybridized carbons (Fsp3) is 0.750. The van der Waals surface area contributed by atoms with Gasteiger partial charge in [0.1, 0.15) is 0 Å². The number of fused-ring (bicyclic) bond motifs is 1. The lowest BCUT2D eigenvalue weighted by molar-refractivity contribution is -0.133. The van der Waals surface area contributed by atoms with Gasteiger partial charge in [0.2, 0.25) is 0 Å². The molecule has 3 nitrogen and oxygen atoms in total. The van der Waals surface area contributed by atoms with Crippen LogP contribution in [0.15, 0.2) is 6.07 Å². The molecule has 1 aromatic heterocycles. The van der Waals surface area contributed by atoms with Gasteiger partial charge >= 0.3 is 0 Å². The Morgan fingerprint density at radius 2 is 1.90 bits per heavy atom. The Morgan fingerprint density at radius 3 is 2.55 bits per heavy atom. The first-order valence-electron chi connectivity index (χ1n) is 7.82. The topological polar surface area (TPSA) is 30.5 Å². The number of thiophene rings is 1. The Hall–Kier alpha value is -0.420. The van der Waals surface area contributed by atoms with Gasteiger partial charge in [0.05, 0.1) is 0 Å². The van der Waals surface area contributed by atoms with Gasteiger partial charge < -0.3 is 14.8 Å². The molecule has 20 heavy (non-hydrogen) atoms. The van der Waals surface area contributed by atoms with Crippen LogP contribution in [-0.2, 0) is 22.3 Å². The minimum absolute atomic E-state index is 0.137. The van der Waals surface area contributed by atoms with Gasteiger partial charge in [-0.3, -0.25) is 0 Å². The molecular weight excluding hydrogens is 270 g/mol. The van der Waals surface area contributed by atoms with Crippen molar-refractivity contribution < 1.29 is 9.47 Å². The third kappa shape index (κ3) is 4.29. The number of rotatable bonds is 8. The van der Waals surface area contributed by atoms with E-state index >= 15 is 0 Å². The SMILES string of the molecule is CCOC(CNC(C)c1cc2c(s1)CCCC2)OCC. The third-order valence-electron chi connectivity index (χ3n) is 3.74. The fourth-order valence-electron chi connectivity index (χ4n) is 2.64. The molecule has 1 N–H and O–H groups in total. The summed E-state index contributed by atoms with van der Waals surface area (Å²) < 4.78 is 11.1. The van der Waals surface area contributed by atoms with Crippen LogP contribution in [0.3, 0.4) is 0 Å². The Morgan fingerprint density at radius 1 is 1.20 bits per heavy atom. The van der Waals surface area contributed by atoms with Crippen molar-refractivity contribution in [3.8, 4) is 0 Å². The highest BCUT2D eigenvalue weighted by Gasteiger charge is 2.17. The smallest absolute Gasteiger partial charge is 0.169 e. The first-order valence-corrected chi connectivity index (χ1v) is 8.64. The molecule has 1 unspecified atom stereocenters. The minimum atomic E-state index is -0.137. The van der Waals surface area contributed by atoms with Gasteiger partial charge in [0.25, 0.3) is 0 Å². The normalized spacial score (nSPS) is 16.4. The number of aryl methyl sites for hydroxylation is 2. The number of hydrogen-bond acceptors (Lipinski definition) is 4. The lowest BCUT2D eigenvalue weighted by atomic mass is 9.99. The van der Waals surface area contributed by atoms with E-state index in [0.29, 0.717) is 19.3 Å². The largest absolute Gasteiger partial charge is 0.352 e. The summed E-state index contributed by atoms with van der Waals surface area (Å²) in [6.45, 7) is 8.35. The monoisotopic (exact) mass is 297 g/mol. The van der Waals surface area contributed by atoms with Crippen LogP contribution in [0.4, 0.5) is 0 Å². The van der Waals surface area contributed by atoms with Crippen LogP contribution in [0.2, 0.25) is 0 Å². The van der Waals surface area contributed by atoms with Gasteiger partial charge in [-0.1, -0.05) is 0 Å². The zero-order valence-electron chi connectivity index (χ0n) is 12.9. The molecule has 1 heterocycles. The quantitative estimate of drug-likeness (QED) is 0.743. The lowest BCUT2D eigenvalue weighted by Gasteiger charge is -2.20. The molecule has 0 spiro atoms. The van der Waals surface area contributed by atoms with Crippen molar-refractivity contribution in [3.63, 3.8) is 0 Å². The third-order valence-corrected chi connectivity index (χ3v) is 5.16. The molecule has 0 saturated carbocycles.